The molecule has 2 N–H and O–H groups in total. The highest BCUT2D eigenvalue weighted by Crippen LogP contribution is 2.20. The smallest absolute Gasteiger partial charge is 0.271 e. The first-order valence-corrected chi connectivity index (χ1v) is 10.4. The minimum Gasteiger partial charge on any atom is -0.348 e. The highest BCUT2D eigenvalue weighted by atomic mass is 35.5. The molecule has 0 fully saturated rings. The second kappa shape index (κ2) is 7.90. The maximum Gasteiger partial charge on any atom is 0.271 e. The molecular formula is C18H15ClN2O3S2. The fraction of sp³-hybridized carbons (Fsp3) is 0.0556. The molecule has 0 aliphatic rings. The summed E-state index contributed by atoms with van der Waals surface area (Å²) in [4.78, 5) is 12.2. The van der Waals surface area contributed by atoms with Gasteiger partial charge in [-0.2, -0.15) is 0 Å². The molecule has 0 aliphatic carbocycles. The minimum atomic E-state index is -3.60. The summed E-state index contributed by atoms with van der Waals surface area (Å²) in [6.07, 6.45) is 0. The summed E-state index contributed by atoms with van der Waals surface area (Å²) in [5.74, 6) is -0.266. The Bertz CT molecular complexity index is 1000. The van der Waals surface area contributed by atoms with Crippen molar-refractivity contribution in [3.05, 3.63) is 82.2 Å². The number of halogens is 1. The number of amides is 1. The van der Waals surface area contributed by atoms with Gasteiger partial charge in [0.05, 0.1) is 0 Å². The van der Waals surface area contributed by atoms with Gasteiger partial charge in [-0.15, -0.1) is 11.3 Å². The summed E-state index contributed by atoms with van der Waals surface area (Å²) in [5.41, 5.74) is 1.64. The largest absolute Gasteiger partial charge is 0.348 e. The van der Waals surface area contributed by atoms with Crippen molar-refractivity contribution in [1.82, 2.24) is 5.32 Å². The van der Waals surface area contributed by atoms with Gasteiger partial charge in [0, 0.05) is 22.8 Å². The lowest BCUT2D eigenvalue weighted by Crippen LogP contribution is -2.23. The van der Waals surface area contributed by atoms with Crippen LogP contribution in [-0.2, 0) is 16.6 Å². The first kappa shape index (κ1) is 18.4. The molecule has 1 heterocycles. The molecule has 0 aliphatic heterocycles. The summed E-state index contributed by atoms with van der Waals surface area (Å²) in [7, 11) is -3.60. The lowest BCUT2D eigenvalue weighted by molar-refractivity contribution is 0.0951. The summed E-state index contributed by atoms with van der Waals surface area (Å²) >= 11 is 7.20. The lowest BCUT2D eigenvalue weighted by atomic mass is 10.2. The predicted molar refractivity (Wildman–Crippen MR) is 104 cm³/mol. The number of rotatable bonds is 6. The Morgan fingerprint density at radius 2 is 1.73 bits per heavy atom. The predicted octanol–water partition coefficient (Wildman–Crippen LogP) is 4.13. The van der Waals surface area contributed by atoms with Crippen LogP contribution in [0, 0.1) is 0 Å². The second-order valence-electron chi connectivity index (χ2n) is 5.39. The molecule has 8 heteroatoms. The summed E-state index contributed by atoms with van der Waals surface area (Å²) in [5, 5.41) is 5.07. The van der Waals surface area contributed by atoms with Gasteiger partial charge in [-0.1, -0.05) is 35.9 Å². The van der Waals surface area contributed by atoms with E-state index in [0.29, 0.717) is 22.8 Å². The van der Waals surface area contributed by atoms with Crippen molar-refractivity contribution in [2.24, 2.45) is 0 Å². The normalized spacial score (nSPS) is 11.1. The van der Waals surface area contributed by atoms with Gasteiger partial charge in [-0.3, -0.25) is 9.52 Å². The van der Waals surface area contributed by atoms with E-state index in [1.165, 1.54) is 6.07 Å². The van der Waals surface area contributed by atoms with Gasteiger partial charge >= 0.3 is 0 Å². The molecule has 0 saturated heterocycles. The third-order valence-corrected chi connectivity index (χ3v) is 6.70. The average Bonchev–Trinajstić information content (AvgIpc) is 3.17. The molecule has 26 heavy (non-hydrogen) atoms. The number of hydrogen-bond acceptors (Lipinski definition) is 4. The average molecular weight is 407 g/mol. The van der Waals surface area contributed by atoms with Crippen LogP contribution in [0.3, 0.4) is 0 Å². The van der Waals surface area contributed by atoms with Gasteiger partial charge in [0.15, 0.2) is 0 Å². The molecule has 0 unspecified atom stereocenters. The number of thiophene rings is 1. The van der Waals surface area contributed by atoms with Gasteiger partial charge in [-0.25, -0.2) is 8.42 Å². The fourth-order valence-electron chi connectivity index (χ4n) is 2.23. The van der Waals surface area contributed by atoms with Crippen LogP contribution in [0.5, 0.6) is 0 Å². The molecule has 0 radical (unpaired) electrons. The van der Waals surface area contributed by atoms with Crippen LogP contribution >= 0.6 is 22.9 Å². The molecular weight excluding hydrogens is 392 g/mol. The molecule has 0 saturated carbocycles. The molecule has 2 aromatic carbocycles. The molecule has 1 aromatic heterocycles. The Labute approximate surface area is 160 Å². The Morgan fingerprint density at radius 3 is 2.38 bits per heavy atom. The van der Waals surface area contributed by atoms with Crippen molar-refractivity contribution in [2.45, 2.75) is 10.8 Å². The maximum atomic E-state index is 12.2. The zero-order chi connectivity index (χ0) is 18.6. The van der Waals surface area contributed by atoms with E-state index in [1.807, 2.05) is 18.2 Å². The van der Waals surface area contributed by atoms with E-state index in [0.717, 1.165) is 16.9 Å². The van der Waals surface area contributed by atoms with E-state index in [-0.39, 0.29) is 10.1 Å². The summed E-state index contributed by atoms with van der Waals surface area (Å²) < 4.78 is 27.1. The maximum absolute atomic E-state index is 12.2. The van der Waals surface area contributed by atoms with Crippen molar-refractivity contribution in [3.8, 4) is 0 Å². The highest BCUT2D eigenvalue weighted by Gasteiger charge is 2.15. The van der Waals surface area contributed by atoms with Gasteiger partial charge < -0.3 is 5.32 Å². The summed E-state index contributed by atoms with van der Waals surface area (Å²) in [6.45, 7) is 0.311. The van der Waals surface area contributed by atoms with E-state index >= 15 is 0 Å². The van der Waals surface area contributed by atoms with Crippen LogP contribution in [0.15, 0.2) is 70.3 Å². The number of hydrogen-bond donors (Lipinski definition) is 2. The van der Waals surface area contributed by atoms with Crippen LogP contribution in [0.1, 0.15) is 15.9 Å². The van der Waals surface area contributed by atoms with E-state index in [2.05, 4.69) is 10.0 Å². The molecule has 5 nitrogen and oxygen atoms in total. The number of carbonyl (C=O) groups is 1. The number of benzene rings is 2. The van der Waals surface area contributed by atoms with Crippen molar-refractivity contribution in [2.75, 3.05) is 4.72 Å². The SMILES string of the molecule is O=C(NCc1ccccc1Cl)c1ccc(NS(=O)(=O)c2cccs2)cc1. The van der Waals surface area contributed by atoms with Crippen LogP contribution in [-0.4, -0.2) is 14.3 Å². The third-order valence-electron chi connectivity index (χ3n) is 3.56. The van der Waals surface area contributed by atoms with E-state index in [4.69, 9.17) is 11.6 Å². The summed E-state index contributed by atoms with van der Waals surface area (Å²) in [6, 6.07) is 16.7. The Kier molecular flexibility index (Phi) is 5.61. The Hall–Kier alpha value is -2.35. The van der Waals surface area contributed by atoms with Crippen molar-refractivity contribution >= 4 is 44.6 Å². The molecule has 0 spiro atoms. The molecule has 0 bridgehead atoms. The Morgan fingerprint density at radius 1 is 1.00 bits per heavy atom. The Balaban J connectivity index is 1.64. The number of carbonyl (C=O) groups excluding carboxylic acids is 1. The fourth-order valence-corrected chi connectivity index (χ4v) is 4.48. The lowest BCUT2D eigenvalue weighted by Gasteiger charge is -2.09. The molecule has 3 aromatic rings. The third kappa shape index (κ3) is 4.43. The van der Waals surface area contributed by atoms with Crippen molar-refractivity contribution in [1.29, 1.82) is 0 Å². The first-order valence-electron chi connectivity index (χ1n) is 7.64. The van der Waals surface area contributed by atoms with E-state index < -0.39 is 10.0 Å². The number of anilines is 1. The van der Waals surface area contributed by atoms with Gasteiger partial charge in [0.1, 0.15) is 4.21 Å². The molecule has 3 rings (SSSR count). The molecule has 0 atom stereocenters. The standard InChI is InChI=1S/C18H15ClN2O3S2/c19-16-5-2-1-4-14(16)12-20-18(22)13-7-9-15(10-8-13)21-26(23,24)17-6-3-11-25-17/h1-11,21H,12H2,(H,20,22). The molecule has 1 amide bonds. The van der Waals surface area contributed by atoms with Gasteiger partial charge in [-0.05, 0) is 47.3 Å². The van der Waals surface area contributed by atoms with Crippen molar-refractivity contribution in [3.63, 3.8) is 0 Å². The zero-order valence-electron chi connectivity index (χ0n) is 13.5. The van der Waals surface area contributed by atoms with Crippen molar-refractivity contribution < 1.29 is 13.2 Å². The topological polar surface area (TPSA) is 75.3 Å². The number of sulfonamides is 1. The van der Waals surface area contributed by atoms with Crippen LogP contribution in [0.4, 0.5) is 5.69 Å². The van der Waals surface area contributed by atoms with E-state index in [9.17, 15) is 13.2 Å². The first-order chi connectivity index (χ1) is 12.5. The van der Waals surface area contributed by atoms with Crippen LogP contribution < -0.4 is 10.0 Å². The zero-order valence-corrected chi connectivity index (χ0v) is 15.9. The quantitative estimate of drug-likeness (QED) is 0.646. The van der Waals surface area contributed by atoms with Crippen LogP contribution in [0.2, 0.25) is 5.02 Å². The van der Waals surface area contributed by atoms with Gasteiger partial charge in [0.25, 0.3) is 15.9 Å². The van der Waals surface area contributed by atoms with E-state index in [1.54, 1.807) is 41.8 Å². The van der Waals surface area contributed by atoms with Crippen LogP contribution in [0.25, 0.3) is 0 Å². The minimum absolute atomic E-state index is 0.235. The highest BCUT2D eigenvalue weighted by molar-refractivity contribution is 7.94. The number of nitrogens with one attached hydrogen (secondary N) is 2. The van der Waals surface area contributed by atoms with Gasteiger partial charge in [0.2, 0.25) is 0 Å². The monoisotopic (exact) mass is 406 g/mol. The molecule has 134 valence electrons. The second-order valence-corrected chi connectivity index (χ2v) is 8.65.